The van der Waals surface area contributed by atoms with Crippen molar-refractivity contribution in [1.29, 1.82) is 0 Å². The minimum atomic E-state index is -0.269. The van der Waals surface area contributed by atoms with Crippen LogP contribution < -0.4 is 16.0 Å². The highest BCUT2D eigenvalue weighted by Crippen LogP contribution is 2.17. The van der Waals surface area contributed by atoms with Gasteiger partial charge in [0, 0.05) is 35.9 Å². The fraction of sp³-hybridized carbons (Fsp3) is 0.200. The summed E-state index contributed by atoms with van der Waals surface area (Å²) in [6.07, 6.45) is 4.45. The van der Waals surface area contributed by atoms with Crippen molar-refractivity contribution in [3.05, 3.63) is 90.0 Å². The second-order valence-corrected chi connectivity index (χ2v) is 7.36. The number of aliphatic imine (C=N–C) groups is 1. The van der Waals surface area contributed by atoms with E-state index >= 15 is 0 Å². The number of hydrogen-bond donors (Lipinski definition) is 4. The molecule has 2 heterocycles. The van der Waals surface area contributed by atoms with Gasteiger partial charge < -0.3 is 25.4 Å². The highest BCUT2D eigenvalue weighted by Gasteiger charge is 2.08. The van der Waals surface area contributed by atoms with Gasteiger partial charge in [-0.3, -0.25) is 4.79 Å². The maximum atomic E-state index is 12.1. The number of carbonyl (C=O) groups is 1. The molecule has 0 aliphatic carbocycles. The molecular weight excluding hydrogens is 529 g/mol. The van der Waals surface area contributed by atoms with E-state index in [-0.39, 0.29) is 35.6 Å². The maximum Gasteiger partial charge on any atom is 0.291 e. The summed E-state index contributed by atoms with van der Waals surface area (Å²) < 4.78 is 5.11. The largest absolute Gasteiger partial charge is 0.459 e. The molecule has 0 aliphatic heterocycles. The Hall–Kier alpha value is -3.27. The minimum Gasteiger partial charge on any atom is -0.459 e. The Bertz CT molecular complexity index is 1180. The number of H-pyrrole nitrogens is 1. The van der Waals surface area contributed by atoms with Crippen LogP contribution in [0.1, 0.15) is 28.6 Å². The lowest BCUT2D eigenvalue weighted by atomic mass is 10.1. The highest BCUT2D eigenvalue weighted by molar-refractivity contribution is 14.0. The zero-order chi connectivity index (χ0) is 22.2. The van der Waals surface area contributed by atoms with E-state index in [9.17, 15) is 4.79 Å². The van der Waals surface area contributed by atoms with E-state index in [4.69, 9.17) is 4.42 Å². The number of halogens is 1. The van der Waals surface area contributed by atoms with Crippen LogP contribution in [0, 0.1) is 0 Å². The number of hydrogen-bond acceptors (Lipinski definition) is 3. The van der Waals surface area contributed by atoms with E-state index in [0.29, 0.717) is 12.2 Å². The number of anilines is 1. The summed E-state index contributed by atoms with van der Waals surface area (Å²) in [5, 5.41) is 10.8. The number of aromatic amines is 1. The second-order valence-electron chi connectivity index (χ2n) is 7.36. The zero-order valence-corrected chi connectivity index (χ0v) is 20.8. The Labute approximate surface area is 210 Å². The van der Waals surface area contributed by atoms with Crippen LogP contribution in [0.25, 0.3) is 10.9 Å². The quantitative estimate of drug-likeness (QED) is 0.141. The molecule has 4 aromatic rings. The molecule has 0 bridgehead atoms. The molecule has 0 unspecified atom stereocenters. The first-order valence-corrected chi connectivity index (χ1v) is 10.7. The molecule has 33 heavy (non-hydrogen) atoms. The number of rotatable bonds is 8. The monoisotopic (exact) mass is 557 g/mol. The minimum absolute atomic E-state index is 0. The molecule has 0 radical (unpaired) electrons. The summed E-state index contributed by atoms with van der Waals surface area (Å²) in [4.78, 5) is 20.1. The van der Waals surface area contributed by atoms with E-state index in [1.165, 1.54) is 17.2 Å². The molecule has 0 atom stereocenters. The molecular formula is C25H28IN5O2. The molecule has 172 valence electrons. The number of furan rings is 1. The van der Waals surface area contributed by atoms with E-state index in [1.807, 2.05) is 37.3 Å². The van der Waals surface area contributed by atoms with Crippen LogP contribution in [0.4, 0.5) is 5.69 Å². The van der Waals surface area contributed by atoms with Gasteiger partial charge in [0.2, 0.25) is 0 Å². The van der Waals surface area contributed by atoms with E-state index in [2.05, 4.69) is 50.3 Å². The fourth-order valence-corrected chi connectivity index (χ4v) is 3.46. The van der Waals surface area contributed by atoms with Gasteiger partial charge in [-0.25, -0.2) is 4.99 Å². The lowest BCUT2D eigenvalue weighted by Crippen LogP contribution is -2.38. The summed E-state index contributed by atoms with van der Waals surface area (Å²) >= 11 is 0. The predicted octanol–water partition coefficient (Wildman–Crippen LogP) is 4.93. The van der Waals surface area contributed by atoms with Crippen LogP contribution >= 0.6 is 24.0 Å². The summed E-state index contributed by atoms with van der Waals surface area (Å²) in [5.74, 6) is 0.796. The van der Waals surface area contributed by atoms with Crippen molar-refractivity contribution < 1.29 is 9.21 Å². The van der Waals surface area contributed by atoms with Crippen molar-refractivity contribution in [3.8, 4) is 0 Å². The molecule has 0 saturated carbocycles. The number of aromatic nitrogens is 1. The molecule has 0 aliphatic rings. The van der Waals surface area contributed by atoms with Crippen molar-refractivity contribution in [2.24, 2.45) is 4.99 Å². The average molecular weight is 557 g/mol. The van der Waals surface area contributed by atoms with Gasteiger partial charge in [0.1, 0.15) is 0 Å². The fourth-order valence-electron chi connectivity index (χ4n) is 3.46. The highest BCUT2D eigenvalue weighted by atomic mass is 127. The van der Waals surface area contributed by atoms with E-state index in [0.717, 1.165) is 36.6 Å². The maximum absolute atomic E-state index is 12.1. The Morgan fingerprint density at radius 1 is 1.03 bits per heavy atom. The summed E-state index contributed by atoms with van der Waals surface area (Å²) in [5.41, 5.74) is 4.21. The van der Waals surface area contributed by atoms with Gasteiger partial charge >= 0.3 is 0 Å². The Morgan fingerprint density at radius 3 is 2.61 bits per heavy atom. The third-order valence-electron chi connectivity index (χ3n) is 5.08. The summed E-state index contributed by atoms with van der Waals surface area (Å²) in [6, 6.07) is 19.3. The van der Waals surface area contributed by atoms with Gasteiger partial charge in [-0.2, -0.15) is 0 Å². The van der Waals surface area contributed by atoms with Crippen LogP contribution in [-0.4, -0.2) is 29.9 Å². The first-order chi connectivity index (χ1) is 15.7. The topological polar surface area (TPSA) is 94.4 Å². The standard InChI is InChI=1S/C25H27N5O2.HI/c1-2-26-25(27-14-13-19-17-28-22-7-4-3-6-21(19)22)29-16-18-9-11-20(12-10-18)30-24(31)23-8-5-15-32-23;/h3-12,15,17,28H,2,13-14,16H2,1H3,(H,30,31)(H2,26,27,29);1H. The Kier molecular flexibility index (Phi) is 8.94. The van der Waals surface area contributed by atoms with Crippen molar-refractivity contribution in [3.63, 3.8) is 0 Å². The number of amides is 1. The van der Waals surface area contributed by atoms with Gasteiger partial charge in [-0.05, 0) is 54.8 Å². The Balaban J connectivity index is 0.00000306. The molecule has 8 heteroatoms. The molecule has 4 N–H and O–H groups in total. The van der Waals surface area contributed by atoms with Crippen molar-refractivity contribution in [2.75, 3.05) is 18.4 Å². The number of fused-ring (bicyclic) bond motifs is 1. The van der Waals surface area contributed by atoms with Crippen LogP contribution in [-0.2, 0) is 13.0 Å². The summed E-state index contributed by atoms with van der Waals surface area (Å²) in [6.45, 7) is 4.16. The molecule has 7 nitrogen and oxygen atoms in total. The van der Waals surface area contributed by atoms with Crippen LogP contribution in [0.15, 0.2) is 82.5 Å². The predicted molar refractivity (Wildman–Crippen MR) is 143 cm³/mol. The number of guanidine groups is 1. The molecule has 0 spiro atoms. The van der Waals surface area contributed by atoms with Crippen LogP contribution in [0.3, 0.4) is 0 Å². The summed E-state index contributed by atoms with van der Waals surface area (Å²) in [7, 11) is 0. The molecule has 2 aromatic heterocycles. The number of nitrogens with one attached hydrogen (secondary N) is 4. The van der Waals surface area contributed by atoms with Crippen molar-refractivity contribution in [2.45, 2.75) is 19.9 Å². The number of benzene rings is 2. The average Bonchev–Trinajstić information content (AvgIpc) is 3.49. The molecule has 4 rings (SSSR count). The van der Waals surface area contributed by atoms with Gasteiger partial charge in [-0.15, -0.1) is 24.0 Å². The number of carbonyl (C=O) groups excluding carboxylic acids is 1. The van der Waals surface area contributed by atoms with Crippen LogP contribution in [0.2, 0.25) is 0 Å². The third kappa shape index (κ3) is 6.61. The zero-order valence-electron chi connectivity index (χ0n) is 18.4. The molecule has 0 fully saturated rings. The number of para-hydroxylation sites is 1. The van der Waals surface area contributed by atoms with Crippen molar-refractivity contribution in [1.82, 2.24) is 15.6 Å². The van der Waals surface area contributed by atoms with Crippen LogP contribution in [0.5, 0.6) is 0 Å². The SMILES string of the molecule is CCNC(=NCc1ccc(NC(=O)c2ccco2)cc1)NCCc1c[nH]c2ccccc12.I. The molecule has 1 amide bonds. The molecule has 0 saturated heterocycles. The lowest BCUT2D eigenvalue weighted by Gasteiger charge is -2.11. The second kappa shape index (κ2) is 12.1. The normalized spacial score (nSPS) is 11.1. The van der Waals surface area contributed by atoms with E-state index < -0.39 is 0 Å². The molecule has 2 aromatic carbocycles. The van der Waals surface area contributed by atoms with E-state index in [1.54, 1.807) is 12.1 Å². The van der Waals surface area contributed by atoms with Gasteiger partial charge in [0.05, 0.1) is 12.8 Å². The van der Waals surface area contributed by atoms with Crippen molar-refractivity contribution >= 4 is 52.4 Å². The third-order valence-corrected chi connectivity index (χ3v) is 5.08. The Morgan fingerprint density at radius 2 is 1.85 bits per heavy atom. The first-order valence-electron chi connectivity index (χ1n) is 10.7. The number of nitrogens with zero attached hydrogens (tertiary/aromatic N) is 1. The smallest absolute Gasteiger partial charge is 0.291 e. The van der Waals surface area contributed by atoms with Gasteiger partial charge in [0.25, 0.3) is 5.91 Å². The lowest BCUT2D eigenvalue weighted by molar-refractivity contribution is 0.0996. The first kappa shape index (κ1) is 24.4. The van der Waals surface area contributed by atoms with Gasteiger partial charge in [0.15, 0.2) is 11.7 Å². The van der Waals surface area contributed by atoms with Gasteiger partial charge in [-0.1, -0.05) is 30.3 Å².